The Hall–Kier alpha value is -2.78. The van der Waals surface area contributed by atoms with E-state index < -0.39 is 10.8 Å². The van der Waals surface area contributed by atoms with Crippen LogP contribution in [-0.4, -0.2) is 59.3 Å². The molecule has 0 radical (unpaired) electrons. The van der Waals surface area contributed by atoms with E-state index in [1.165, 1.54) is 29.8 Å². The molecule has 0 aliphatic carbocycles. The number of nitro groups is 1. The van der Waals surface area contributed by atoms with E-state index >= 15 is 0 Å². The van der Waals surface area contributed by atoms with E-state index in [0.29, 0.717) is 13.1 Å². The molecular formula is C18H20N4O4S. The highest BCUT2D eigenvalue weighted by molar-refractivity contribution is 7.07. The van der Waals surface area contributed by atoms with Crippen molar-refractivity contribution in [2.24, 2.45) is 0 Å². The van der Waals surface area contributed by atoms with E-state index in [1.807, 2.05) is 0 Å². The maximum absolute atomic E-state index is 12.3. The summed E-state index contributed by atoms with van der Waals surface area (Å²) < 4.78 is 0. The SMILES string of the molecule is O=C(NCC(=O)N1CCN(Cc2ccsc2)CC1)c1cccc([N+](=O)[O-])c1. The van der Waals surface area contributed by atoms with Gasteiger partial charge >= 0.3 is 0 Å². The average molecular weight is 388 g/mol. The van der Waals surface area contributed by atoms with Crippen molar-refractivity contribution in [3.05, 3.63) is 62.3 Å². The Balaban J connectivity index is 1.45. The van der Waals surface area contributed by atoms with Crippen molar-refractivity contribution in [2.45, 2.75) is 6.54 Å². The van der Waals surface area contributed by atoms with Crippen molar-refractivity contribution >= 4 is 28.8 Å². The van der Waals surface area contributed by atoms with Crippen LogP contribution in [0.15, 0.2) is 41.1 Å². The average Bonchev–Trinajstić information content (AvgIpc) is 3.19. The lowest BCUT2D eigenvalue weighted by molar-refractivity contribution is -0.384. The topological polar surface area (TPSA) is 95.8 Å². The predicted octanol–water partition coefficient (Wildman–Crippen LogP) is 1.73. The van der Waals surface area contributed by atoms with Crippen LogP contribution < -0.4 is 5.32 Å². The van der Waals surface area contributed by atoms with Crippen molar-refractivity contribution in [3.8, 4) is 0 Å². The number of non-ortho nitro benzene ring substituents is 1. The Bertz CT molecular complexity index is 817. The Labute approximate surface area is 160 Å². The highest BCUT2D eigenvalue weighted by Crippen LogP contribution is 2.13. The quantitative estimate of drug-likeness (QED) is 0.601. The van der Waals surface area contributed by atoms with Crippen LogP contribution in [0.3, 0.4) is 0 Å². The van der Waals surface area contributed by atoms with Crippen LogP contribution in [0.4, 0.5) is 5.69 Å². The van der Waals surface area contributed by atoms with Gasteiger partial charge in [-0.05, 0) is 28.5 Å². The summed E-state index contributed by atoms with van der Waals surface area (Å²) in [6, 6.07) is 7.55. The number of thiophene rings is 1. The number of benzene rings is 1. The van der Waals surface area contributed by atoms with Crippen LogP contribution in [0.25, 0.3) is 0 Å². The second kappa shape index (κ2) is 8.74. The standard InChI is InChI=1S/C18H20N4O4S/c23-17(11-19-18(24)15-2-1-3-16(10-15)22(25)26)21-7-5-20(6-8-21)12-14-4-9-27-13-14/h1-4,9-10,13H,5-8,11-12H2,(H,19,24). The number of nitrogens with one attached hydrogen (secondary N) is 1. The van der Waals surface area contributed by atoms with E-state index in [4.69, 9.17) is 0 Å². The predicted molar refractivity (Wildman–Crippen MR) is 102 cm³/mol. The third-order valence-electron chi connectivity index (χ3n) is 4.43. The highest BCUT2D eigenvalue weighted by atomic mass is 32.1. The fourth-order valence-electron chi connectivity index (χ4n) is 2.93. The first-order valence-electron chi connectivity index (χ1n) is 8.57. The Morgan fingerprint density at radius 3 is 2.63 bits per heavy atom. The summed E-state index contributed by atoms with van der Waals surface area (Å²) in [5, 5.41) is 17.5. The molecule has 142 valence electrons. The molecule has 0 saturated carbocycles. The van der Waals surface area contributed by atoms with Crippen LogP contribution in [0.1, 0.15) is 15.9 Å². The molecule has 9 heteroatoms. The number of nitrogens with zero attached hydrogens (tertiary/aromatic N) is 3. The molecule has 0 atom stereocenters. The molecule has 0 bridgehead atoms. The molecule has 1 saturated heterocycles. The first kappa shape index (κ1) is 19.0. The fraction of sp³-hybridized carbons (Fsp3) is 0.333. The van der Waals surface area contributed by atoms with E-state index in [-0.39, 0.29) is 23.7 Å². The zero-order valence-electron chi connectivity index (χ0n) is 14.7. The second-order valence-corrected chi connectivity index (χ2v) is 7.06. The number of carbonyl (C=O) groups is 2. The molecule has 0 spiro atoms. The molecule has 1 aliphatic heterocycles. The Morgan fingerprint density at radius 1 is 1.19 bits per heavy atom. The number of carbonyl (C=O) groups excluding carboxylic acids is 2. The van der Waals surface area contributed by atoms with E-state index in [0.717, 1.165) is 19.6 Å². The number of rotatable bonds is 6. The lowest BCUT2D eigenvalue weighted by atomic mass is 10.2. The molecule has 0 unspecified atom stereocenters. The number of amides is 2. The van der Waals surface area contributed by atoms with Crippen molar-refractivity contribution in [3.63, 3.8) is 0 Å². The maximum atomic E-state index is 12.3. The molecule has 2 amide bonds. The van der Waals surface area contributed by atoms with Gasteiger partial charge in [-0.1, -0.05) is 6.07 Å². The van der Waals surface area contributed by atoms with E-state index in [2.05, 4.69) is 27.0 Å². The summed E-state index contributed by atoms with van der Waals surface area (Å²) >= 11 is 1.67. The van der Waals surface area contributed by atoms with Crippen molar-refractivity contribution in [2.75, 3.05) is 32.7 Å². The van der Waals surface area contributed by atoms with Gasteiger partial charge in [-0.3, -0.25) is 24.6 Å². The lowest BCUT2D eigenvalue weighted by Gasteiger charge is -2.34. The molecule has 3 rings (SSSR count). The molecule has 1 fully saturated rings. The highest BCUT2D eigenvalue weighted by Gasteiger charge is 2.22. The first-order valence-corrected chi connectivity index (χ1v) is 9.51. The van der Waals surface area contributed by atoms with Crippen LogP contribution in [0.2, 0.25) is 0 Å². The van der Waals surface area contributed by atoms with Gasteiger partial charge in [0.2, 0.25) is 5.91 Å². The summed E-state index contributed by atoms with van der Waals surface area (Å²) in [4.78, 5) is 38.7. The minimum atomic E-state index is -0.558. The third kappa shape index (κ3) is 5.11. The smallest absolute Gasteiger partial charge is 0.270 e. The third-order valence-corrected chi connectivity index (χ3v) is 5.16. The van der Waals surface area contributed by atoms with Crippen molar-refractivity contribution < 1.29 is 14.5 Å². The largest absolute Gasteiger partial charge is 0.343 e. The molecule has 2 aromatic rings. The van der Waals surface area contributed by atoms with Gasteiger partial charge in [0, 0.05) is 50.4 Å². The number of hydrogen-bond acceptors (Lipinski definition) is 6. The number of hydrogen-bond donors (Lipinski definition) is 1. The molecule has 2 heterocycles. The minimum Gasteiger partial charge on any atom is -0.343 e. The second-order valence-electron chi connectivity index (χ2n) is 6.28. The number of nitro benzene ring substituents is 1. The molecule has 1 N–H and O–H groups in total. The van der Waals surface area contributed by atoms with Crippen LogP contribution in [0, 0.1) is 10.1 Å². The van der Waals surface area contributed by atoms with Gasteiger partial charge in [-0.25, -0.2) is 0 Å². The zero-order valence-corrected chi connectivity index (χ0v) is 15.5. The molecule has 1 aromatic carbocycles. The number of piperazine rings is 1. The van der Waals surface area contributed by atoms with Gasteiger partial charge in [0.25, 0.3) is 11.6 Å². The normalized spacial score (nSPS) is 14.7. The molecule has 1 aliphatic rings. The summed E-state index contributed by atoms with van der Waals surface area (Å²) in [5.41, 5.74) is 1.29. The van der Waals surface area contributed by atoms with Gasteiger partial charge in [-0.2, -0.15) is 11.3 Å². The van der Waals surface area contributed by atoms with Crippen molar-refractivity contribution in [1.82, 2.24) is 15.1 Å². The van der Waals surface area contributed by atoms with E-state index in [1.54, 1.807) is 16.2 Å². The monoisotopic (exact) mass is 388 g/mol. The van der Waals surface area contributed by atoms with Crippen LogP contribution >= 0.6 is 11.3 Å². The maximum Gasteiger partial charge on any atom is 0.270 e. The molecule has 1 aromatic heterocycles. The summed E-state index contributed by atoms with van der Waals surface area (Å²) in [6.07, 6.45) is 0. The van der Waals surface area contributed by atoms with Crippen molar-refractivity contribution in [1.29, 1.82) is 0 Å². The summed E-state index contributed by atoms with van der Waals surface area (Å²) in [5.74, 6) is -0.646. The van der Waals surface area contributed by atoms with Crippen LogP contribution in [0.5, 0.6) is 0 Å². The Kier molecular flexibility index (Phi) is 6.15. The molecular weight excluding hydrogens is 368 g/mol. The van der Waals surface area contributed by atoms with Gasteiger partial charge < -0.3 is 10.2 Å². The van der Waals surface area contributed by atoms with E-state index in [9.17, 15) is 19.7 Å². The molecule has 27 heavy (non-hydrogen) atoms. The minimum absolute atomic E-state index is 0.119. The van der Waals surface area contributed by atoms with Gasteiger partial charge in [0.05, 0.1) is 11.5 Å². The first-order chi connectivity index (χ1) is 13.0. The zero-order chi connectivity index (χ0) is 19.2. The van der Waals surface area contributed by atoms with Gasteiger partial charge in [0.15, 0.2) is 0 Å². The van der Waals surface area contributed by atoms with Gasteiger partial charge in [0.1, 0.15) is 0 Å². The summed E-state index contributed by atoms with van der Waals surface area (Å²) in [6.45, 7) is 3.59. The fourth-order valence-corrected chi connectivity index (χ4v) is 3.59. The lowest BCUT2D eigenvalue weighted by Crippen LogP contribution is -2.50. The molecule has 8 nitrogen and oxygen atoms in total. The summed E-state index contributed by atoms with van der Waals surface area (Å²) in [7, 11) is 0. The van der Waals surface area contributed by atoms with Crippen LogP contribution in [-0.2, 0) is 11.3 Å². The Morgan fingerprint density at radius 2 is 1.96 bits per heavy atom. The van der Waals surface area contributed by atoms with Gasteiger partial charge in [-0.15, -0.1) is 0 Å².